The molecule has 1 atom stereocenters. The van der Waals surface area contributed by atoms with Gasteiger partial charge in [-0.3, -0.25) is 4.79 Å². The van der Waals surface area contributed by atoms with Crippen LogP contribution in [-0.2, 0) is 11.3 Å². The van der Waals surface area contributed by atoms with E-state index in [0.29, 0.717) is 24.5 Å². The van der Waals surface area contributed by atoms with Gasteiger partial charge in [-0.05, 0) is 17.7 Å². The molecule has 0 aromatic heterocycles. The van der Waals surface area contributed by atoms with Crippen LogP contribution in [0.4, 0.5) is 5.69 Å². The second kappa shape index (κ2) is 5.81. The molecule has 1 amide bonds. The lowest BCUT2D eigenvalue weighted by Crippen LogP contribution is -2.29. The zero-order valence-corrected chi connectivity index (χ0v) is 9.85. The van der Waals surface area contributed by atoms with Gasteiger partial charge in [-0.1, -0.05) is 6.07 Å². The molecule has 1 aliphatic heterocycles. The number of rotatable bonds is 5. The molecule has 0 spiro atoms. The van der Waals surface area contributed by atoms with Crippen molar-refractivity contribution in [2.24, 2.45) is 0 Å². The Kier molecular flexibility index (Phi) is 4.14. The monoisotopic (exact) mass is 252 g/mol. The lowest BCUT2D eigenvalue weighted by Gasteiger charge is -2.18. The summed E-state index contributed by atoms with van der Waals surface area (Å²) < 4.78 is 5.25. The molecule has 1 heterocycles. The van der Waals surface area contributed by atoms with Crippen LogP contribution in [0.2, 0.25) is 0 Å². The number of nitrogens with one attached hydrogen (secondary N) is 2. The number of carbonyl (C=O) groups excluding carboxylic acids is 1. The molecule has 1 aromatic carbocycles. The zero-order valence-electron chi connectivity index (χ0n) is 9.85. The van der Waals surface area contributed by atoms with Crippen molar-refractivity contribution in [3.8, 4) is 5.75 Å². The first-order chi connectivity index (χ1) is 8.69. The van der Waals surface area contributed by atoms with E-state index in [1.165, 1.54) is 0 Å². The fraction of sp³-hybridized carbons (Fsp3) is 0.417. The Labute approximate surface area is 105 Å². The molecule has 6 nitrogen and oxygen atoms in total. The van der Waals surface area contributed by atoms with Crippen LogP contribution in [0.3, 0.4) is 0 Å². The molecule has 2 rings (SSSR count). The first-order valence-electron chi connectivity index (χ1n) is 5.74. The molecule has 1 aromatic rings. The average molecular weight is 252 g/mol. The third kappa shape index (κ3) is 3.19. The van der Waals surface area contributed by atoms with E-state index in [1.807, 2.05) is 12.1 Å². The summed E-state index contributed by atoms with van der Waals surface area (Å²) in [6.45, 7) is 0.644. The summed E-state index contributed by atoms with van der Waals surface area (Å²) in [5.74, 6) is 0.497. The molecule has 4 N–H and O–H groups in total. The van der Waals surface area contributed by atoms with Crippen molar-refractivity contribution in [3.05, 3.63) is 23.8 Å². The lowest BCUT2D eigenvalue weighted by atomic mass is 10.1. The van der Waals surface area contributed by atoms with Crippen molar-refractivity contribution >= 4 is 11.6 Å². The van der Waals surface area contributed by atoms with Crippen LogP contribution >= 0.6 is 0 Å². The Morgan fingerprint density at radius 1 is 1.50 bits per heavy atom. The van der Waals surface area contributed by atoms with Crippen molar-refractivity contribution in [2.45, 2.75) is 12.6 Å². The maximum Gasteiger partial charge on any atom is 0.262 e. The van der Waals surface area contributed by atoms with Crippen LogP contribution in [0.5, 0.6) is 5.75 Å². The fourth-order valence-corrected chi connectivity index (χ4v) is 1.69. The molecule has 0 radical (unpaired) electrons. The molecule has 1 unspecified atom stereocenters. The van der Waals surface area contributed by atoms with Gasteiger partial charge in [-0.25, -0.2) is 0 Å². The normalized spacial score (nSPS) is 15.6. The van der Waals surface area contributed by atoms with Crippen LogP contribution in [0, 0.1) is 0 Å². The van der Waals surface area contributed by atoms with Crippen molar-refractivity contribution in [3.63, 3.8) is 0 Å². The van der Waals surface area contributed by atoms with Crippen LogP contribution < -0.4 is 15.4 Å². The number of anilines is 1. The lowest BCUT2D eigenvalue weighted by molar-refractivity contribution is -0.118. The van der Waals surface area contributed by atoms with Crippen molar-refractivity contribution < 1.29 is 19.7 Å². The summed E-state index contributed by atoms with van der Waals surface area (Å²) in [6.07, 6.45) is -0.759. The van der Waals surface area contributed by atoms with E-state index in [1.54, 1.807) is 6.07 Å². The average Bonchev–Trinajstić information content (AvgIpc) is 2.38. The Hall–Kier alpha value is -1.63. The molecule has 98 valence electrons. The molecule has 0 bridgehead atoms. The van der Waals surface area contributed by atoms with Gasteiger partial charge in [0, 0.05) is 13.1 Å². The van der Waals surface area contributed by atoms with Crippen LogP contribution in [-0.4, -0.2) is 42.0 Å². The Morgan fingerprint density at radius 3 is 3.11 bits per heavy atom. The van der Waals surface area contributed by atoms with E-state index in [9.17, 15) is 9.90 Å². The summed E-state index contributed by atoms with van der Waals surface area (Å²) in [7, 11) is 0. The predicted octanol–water partition coefficient (Wildman–Crippen LogP) is -0.540. The topological polar surface area (TPSA) is 90.8 Å². The minimum atomic E-state index is -0.759. The standard InChI is InChI=1S/C12H16N2O4/c15-6-9(16)5-13-4-8-1-2-11-10(3-8)14-12(17)7-18-11/h1-3,9,13,15-16H,4-7H2,(H,14,17). The number of hydrogen-bond acceptors (Lipinski definition) is 5. The molecule has 18 heavy (non-hydrogen) atoms. The largest absolute Gasteiger partial charge is 0.482 e. The number of carbonyl (C=O) groups is 1. The number of ether oxygens (including phenoxy) is 1. The van der Waals surface area contributed by atoms with Gasteiger partial charge in [0.25, 0.3) is 5.91 Å². The molecular weight excluding hydrogens is 236 g/mol. The van der Waals surface area contributed by atoms with E-state index in [0.717, 1.165) is 5.56 Å². The third-order valence-corrected chi connectivity index (χ3v) is 2.60. The quantitative estimate of drug-likeness (QED) is 0.565. The van der Waals surface area contributed by atoms with Gasteiger partial charge in [-0.2, -0.15) is 0 Å². The fourth-order valence-electron chi connectivity index (χ4n) is 1.69. The van der Waals surface area contributed by atoms with Gasteiger partial charge in [0.15, 0.2) is 6.61 Å². The number of aliphatic hydroxyl groups excluding tert-OH is 2. The third-order valence-electron chi connectivity index (χ3n) is 2.60. The molecule has 0 aliphatic carbocycles. The number of benzene rings is 1. The first-order valence-corrected chi connectivity index (χ1v) is 5.74. The number of aliphatic hydroxyl groups is 2. The van der Waals surface area contributed by atoms with Gasteiger partial charge in [0.1, 0.15) is 5.75 Å². The van der Waals surface area contributed by atoms with E-state index in [-0.39, 0.29) is 19.1 Å². The van der Waals surface area contributed by atoms with Crippen molar-refractivity contribution in [1.82, 2.24) is 5.32 Å². The summed E-state index contributed by atoms with van der Waals surface area (Å²) in [5.41, 5.74) is 1.62. The van der Waals surface area contributed by atoms with Crippen molar-refractivity contribution in [1.29, 1.82) is 0 Å². The van der Waals surface area contributed by atoms with Crippen LogP contribution in [0.25, 0.3) is 0 Å². The SMILES string of the molecule is O=C1COc2ccc(CNCC(O)CO)cc2N1. The highest BCUT2D eigenvalue weighted by Crippen LogP contribution is 2.28. The molecule has 0 saturated carbocycles. The van der Waals surface area contributed by atoms with Gasteiger partial charge in [-0.15, -0.1) is 0 Å². The van der Waals surface area contributed by atoms with Crippen LogP contribution in [0.15, 0.2) is 18.2 Å². The molecular formula is C12H16N2O4. The van der Waals surface area contributed by atoms with Gasteiger partial charge >= 0.3 is 0 Å². The summed E-state index contributed by atoms with van der Waals surface area (Å²) in [5, 5.41) is 23.6. The summed E-state index contributed by atoms with van der Waals surface area (Å²) >= 11 is 0. The Morgan fingerprint density at radius 2 is 2.33 bits per heavy atom. The highest BCUT2D eigenvalue weighted by molar-refractivity contribution is 5.95. The number of fused-ring (bicyclic) bond motifs is 1. The molecule has 0 fully saturated rings. The number of amides is 1. The molecule has 0 saturated heterocycles. The van der Waals surface area contributed by atoms with Gasteiger partial charge < -0.3 is 25.6 Å². The Balaban J connectivity index is 1.94. The maximum absolute atomic E-state index is 11.2. The second-order valence-electron chi connectivity index (χ2n) is 4.13. The van der Waals surface area contributed by atoms with Crippen molar-refractivity contribution in [2.75, 3.05) is 25.1 Å². The molecule has 6 heteroatoms. The molecule has 1 aliphatic rings. The first kappa shape index (κ1) is 12.8. The highest BCUT2D eigenvalue weighted by atomic mass is 16.5. The minimum Gasteiger partial charge on any atom is -0.482 e. The van der Waals surface area contributed by atoms with E-state index in [2.05, 4.69) is 10.6 Å². The highest BCUT2D eigenvalue weighted by Gasteiger charge is 2.15. The Bertz CT molecular complexity index is 436. The van der Waals surface area contributed by atoms with Crippen LogP contribution in [0.1, 0.15) is 5.56 Å². The smallest absolute Gasteiger partial charge is 0.262 e. The van der Waals surface area contributed by atoms with E-state index < -0.39 is 6.10 Å². The maximum atomic E-state index is 11.2. The zero-order chi connectivity index (χ0) is 13.0. The van der Waals surface area contributed by atoms with E-state index >= 15 is 0 Å². The van der Waals surface area contributed by atoms with Gasteiger partial charge in [0.2, 0.25) is 0 Å². The number of hydrogen-bond donors (Lipinski definition) is 4. The second-order valence-corrected chi connectivity index (χ2v) is 4.13. The predicted molar refractivity (Wildman–Crippen MR) is 65.4 cm³/mol. The van der Waals surface area contributed by atoms with E-state index in [4.69, 9.17) is 9.84 Å². The minimum absolute atomic E-state index is 0.0489. The summed E-state index contributed by atoms with van der Waals surface area (Å²) in [6, 6.07) is 5.51. The van der Waals surface area contributed by atoms with Gasteiger partial charge in [0.05, 0.1) is 18.4 Å². The summed E-state index contributed by atoms with van der Waals surface area (Å²) in [4.78, 5) is 11.2.